The third kappa shape index (κ3) is 4.34. The summed E-state index contributed by atoms with van der Waals surface area (Å²) in [4.78, 5) is 0. The fourth-order valence-corrected chi connectivity index (χ4v) is 3.32. The van der Waals surface area contributed by atoms with Gasteiger partial charge in [-0.25, -0.2) is 0 Å². The average molecular weight is 334 g/mol. The van der Waals surface area contributed by atoms with Crippen molar-refractivity contribution in [3.8, 4) is 0 Å². The molecule has 4 nitrogen and oxygen atoms in total. The fourth-order valence-electron chi connectivity index (χ4n) is 3.19. The summed E-state index contributed by atoms with van der Waals surface area (Å²) in [7, 11) is 0. The number of hydrogen-bond acceptors (Lipinski definition) is 3. The van der Waals surface area contributed by atoms with Gasteiger partial charge in [0.1, 0.15) is 0 Å². The van der Waals surface area contributed by atoms with Crippen molar-refractivity contribution in [2.75, 3.05) is 19.8 Å². The molecule has 0 spiro atoms. The Balaban J connectivity index is 1.68. The minimum absolute atomic E-state index is 0.171. The largest absolute Gasteiger partial charge is 0.381 e. The molecule has 1 saturated heterocycles. The van der Waals surface area contributed by atoms with Gasteiger partial charge in [-0.05, 0) is 49.4 Å². The Hall–Kier alpha value is -1.36. The predicted octanol–water partition coefficient (Wildman–Crippen LogP) is 3.53. The van der Waals surface area contributed by atoms with E-state index in [-0.39, 0.29) is 6.04 Å². The van der Waals surface area contributed by atoms with Crippen molar-refractivity contribution in [3.05, 3.63) is 53.3 Å². The molecule has 0 saturated carbocycles. The van der Waals surface area contributed by atoms with Crippen LogP contribution in [0, 0.1) is 5.92 Å². The van der Waals surface area contributed by atoms with Gasteiger partial charge in [0.2, 0.25) is 0 Å². The molecule has 1 N–H and O–H groups in total. The van der Waals surface area contributed by atoms with Crippen LogP contribution in [0.3, 0.4) is 0 Å². The third-order valence-electron chi connectivity index (χ3n) is 4.71. The van der Waals surface area contributed by atoms with Crippen LogP contribution in [0.15, 0.2) is 42.7 Å². The number of aromatic nitrogens is 2. The van der Waals surface area contributed by atoms with Crippen molar-refractivity contribution < 1.29 is 4.74 Å². The Bertz CT molecular complexity index is 579. The second kappa shape index (κ2) is 7.95. The standard InChI is InChI=1S/C18H24ClN3O/c1-14(15-7-11-23-12-8-15)20-13-18(22-10-2-9-21-22)16-3-5-17(19)6-4-16/h2-6,9-10,14-15,18,20H,7-8,11-13H2,1H3/t14-,18+/m1/s1. The number of hydrogen-bond donors (Lipinski definition) is 1. The number of rotatable bonds is 6. The number of benzene rings is 1. The Labute approximate surface area is 142 Å². The summed E-state index contributed by atoms with van der Waals surface area (Å²) < 4.78 is 7.47. The van der Waals surface area contributed by atoms with E-state index in [1.54, 1.807) is 0 Å². The Kier molecular flexibility index (Phi) is 5.70. The molecule has 2 heterocycles. The van der Waals surface area contributed by atoms with Gasteiger partial charge in [-0.15, -0.1) is 0 Å². The smallest absolute Gasteiger partial charge is 0.0892 e. The molecule has 1 aliphatic rings. The van der Waals surface area contributed by atoms with Gasteiger partial charge in [-0.3, -0.25) is 4.68 Å². The summed E-state index contributed by atoms with van der Waals surface area (Å²) in [5.74, 6) is 0.687. The van der Waals surface area contributed by atoms with Gasteiger partial charge >= 0.3 is 0 Å². The number of nitrogens with zero attached hydrogens (tertiary/aromatic N) is 2. The van der Waals surface area contributed by atoms with Crippen LogP contribution in [0.5, 0.6) is 0 Å². The minimum Gasteiger partial charge on any atom is -0.381 e. The van der Waals surface area contributed by atoms with E-state index in [1.807, 2.05) is 35.3 Å². The van der Waals surface area contributed by atoms with E-state index >= 15 is 0 Å². The van der Waals surface area contributed by atoms with Crippen LogP contribution in [-0.4, -0.2) is 35.6 Å². The maximum atomic E-state index is 6.02. The van der Waals surface area contributed by atoms with Crippen LogP contribution in [0.4, 0.5) is 0 Å². The van der Waals surface area contributed by atoms with Crippen molar-refractivity contribution in [1.29, 1.82) is 0 Å². The predicted molar refractivity (Wildman–Crippen MR) is 92.8 cm³/mol. The third-order valence-corrected chi connectivity index (χ3v) is 4.96. The van der Waals surface area contributed by atoms with Crippen molar-refractivity contribution >= 4 is 11.6 Å². The molecule has 0 amide bonds. The van der Waals surface area contributed by atoms with Crippen LogP contribution in [0.1, 0.15) is 31.4 Å². The summed E-state index contributed by atoms with van der Waals surface area (Å²) in [6.07, 6.45) is 6.12. The van der Waals surface area contributed by atoms with E-state index in [9.17, 15) is 0 Å². The summed E-state index contributed by atoms with van der Waals surface area (Å²) in [6.45, 7) is 4.90. The molecule has 124 valence electrons. The monoisotopic (exact) mass is 333 g/mol. The van der Waals surface area contributed by atoms with Crippen LogP contribution in [0.25, 0.3) is 0 Å². The van der Waals surface area contributed by atoms with Gasteiger partial charge < -0.3 is 10.1 Å². The molecule has 1 aromatic carbocycles. The van der Waals surface area contributed by atoms with Crippen molar-refractivity contribution in [2.45, 2.75) is 31.8 Å². The molecule has 1 aliphatic heterocycles. The van der Waals surface area contributed by atoms with E-state index in [1.165, 1.54) is 5.56 Å². The molecule has 0 bridgehead atoms. The van der Waals surface area contributed by atoms with Gasteiger partial charge in [-0.2, -0.15) is 5.10 Å². The van der Waals surface area contributed by atoms with Crippen LogP contribution >= 0.6 is 11.6 Å². The molecule has 23 heavy (non-hydrogen) atoms. The Morgan fingerprint density at radius 3 is 2.70 bits per heavy atom. The molecule has 0 aliphatic carbocycles. The molecule has 0 radical (unpaired) electrons. The van der Waals surface area contributed by atoms with Crippen LogP contribution in [0.2, 0.25) is 5.02 Å². The highest BCUT2D eigenvalue weighted by Crippen LogP contribution is 2.22. The van der Waals surface area contributed by atoms with E-state index in [0.29, 0.717) is 12.0 Å². The fraction of sp³-hybridized carbons (Fsp3) is 0.500. The van der Waals surface area contributed by atoms with Crippen LogP contribution < -0.4 is 5.32 Å². The highest BCUT2D eigenvalue weighted by atomic mass is 35.5. The normalized spacial score (nSPS) is 18.7. The van der Waals surface area contributed by atoms with Crippen molar-refractivity contribution in [1.82, 2.24) is 15.1 Å². The highest BCUT2D eigenvalue weighted by molar-refractivity contribution is 6.30. The second-order valence-electron chi connectivity index (χ2n) is 6.20. The number of halogens is 1. The van der Waals surface area contributed by atoms with E-state index in [2.05, 4.69) is 29.5 Å². The molecule has 1 aromatic heterocycles. The molecule has 2 aromatic rings. The molecule has 2 atom stereocenters. The minimum atomic E-state index is 0.171. The summed E-state index contributed by atoms with van der Waals surface area (Å²) in [5, 5.41) is 8.89. The van der Waals surface area contributed by atoms with Crippen molar-refractivity contribution in [2.24, 2.45) is 5.92 Å². The summed E-state index contributed by atoms with van der Waals surface area (Å²) in [5.41, 5.74) is 1.21. The zero-order valence-corrected chi connectivity index (χ0v) is 14.2. The number of nitrogens with one attached hydrogen (secondary N) is 1. The van der Waals surface area contributed by atoms with E-state index in [0.717, 1.165) is 37.6 Å². The topological polar surface area (TPSA) is 39.1 Å². The molecular weight excluding hydrogens is 310 g/mol. The quantitative estimate of drug-likeness (QED) is 0.879. The van der Waals surface area contributed by atoms with E-state index in [4.69, 9.17) is 16.3 Å². The van der Waals surface area contributed by atoms with Gasteiger partial charge in [0, 0.05) is 43.2 Å². The summed E-state index contributed by atoms with van der Waals surface area (Å²) >= 11 is 6.02. The Morgan fingerprint density at radius 2 is 2.04 bits per heavy atom. The van der Waals surface area contributed by atoms with Crippen molar-refractivity contribution in [3.63, 3.8) is 0 Å². The lowest BCUT2D eigenvalue weighted by molar-refractivity contribution is 0.0556. The Morgan fingerprint density at radius 1 is 1.30 bits per heavy atom. The number of ether oxygens (including phenoxy) is 1. The lowest BCUT2D eigenvalue weighted by Gasteiger charge is -2.30. The van der Waals surface area contributed by atoms with E-state index < -0.39 is 0 Å². The SMILES string of the molecule is C[C@@H](NC[C@@H](c1ccc(Cl)cc1)n1cccn1)C1CCOCC1. The maximum absolute atomic E-state index is 6.02. The highest BCUT2D eigenvalue weighted by Gasteiger charge is 2.22. The average Bonchev–Trinajstić information content (AvgIpc) is 3.11. The first-order chi connectivity index (χ1) is 11.2. The maximum Gasteiger partial charge on any atom is 0.0892 e. The zero-order valence-electron chi connectivity index (χ0n) is 13.5. The first-order valence-corrected chi connectivity index (χ1v) is 8.67. The molecule has 1 fully saturated rings. The molecule has 3 rings (SSSR count). The first-order valence-electron chi connectivity index (χ1n) is 8.30. The first kappa shape index (κ1) is 16.5. The second-order valence-corrected chi connectivity index (χ2v) is 6.64. The lowest BCUT2D eigenvalue weighted by Crippen LogP contribution is -2.40. The van der Waals surface area contributed by atoms with Gasteiger partial charge in [0.05, 0.1) is 6.04 Å². The van der Waals surface area contributed by atoms with Crippen LogP contribution in [-0.2, 0) is 4.74 Å². The molecule has 5 heteroatoms. The van der Waals surface area contributed by atoms with Gasteiger partial charge in [0.15, 0.2) is 0 Å². The zero-order chi connectivity index (χ0) is 16.1. The molecular formula is C18H24ClN3O. The van der Waals surface area contributed by atoms with Gasteiger partial charge in [-0.1, -0.05) is 23.7 Å². The lowest BCUT2D eigenvalue weighted by atomic mass is 9.92. The summed E-state index contributed by atoms with van der Waals surface area (Å²) in [6, 6.07) is 10.6. The molecule has 0 unspecified atom stereocenters. The van der Waals surface area contributed by atoms with Gasteiger partial charge in [0.25, 0.3) is 0 Å².